The van der Waals surface area contributed by atoms with Gasteiger partial charge >= 0.3 is 0 Å². The summed E-state index contributed by atoms with van der Waals surface area (Å²) in [6.45, 7) is 2.62. The first-order valence-electron chi connectivity index (χ1n) is 7.22. The van der Waals surface area contributed by atoms with Crippen LogP contribution in [0, 0.1) is 11.3 Å². The SMILES string of the molecule is CCOc1cccc(C(C#N)NC2CCCCC2)c1. The second kappa shape index (κ2) is 7.16. The van der Waals surface area contributed by atoms with Crippen LogP contribution < -0.4 is 10.1 Å². The second-order valence-electron chi connectivity index (χ2n) is 5.07. The van der Waals surface area contributed by atoms with Crippen LogP contribution in [-0.4, -0.2) is 12.6 Å². The number of rotatable bonds is 5. The van der Waals surface area contributed by atoms with Crippen molar-refractivity contribution < 1.29 is 4.74 Å². The lowest BCUT2D eigenvalue weighted by Crippen LogP contribution is -2.33. The number of nitrogens with one attached hydrogen (secondary N) is 1. The lowest BCUT2D eigenvalue weighted by molar-refractivity contribution is 0.338. The van der Waals surface area contributed by atoms with Gasteiger partial charge in [-0.05, 0) is 37.5 Å². The van der Waals surface area contributed by atoms with Crippen LogP contribution in [0.5, 0.6) is 5.75 Å². The van der Waals surface area contributed by atoms with E-state index < -0.39 is 0 Å². The number of nitrogens with zero attached hydrogens (tertiary/aromatic N) is 1. The van der Waals surface area contributed by atoms with E-state index in [0.29, 0.717) is 12.6 Å². The van der Waals surface area contributed by atoms with Crippen molar-refractivity contribution in [3.63, 3.8) is 0 Å². The van der Waals surface area contributed by atoms with Gasteiger partial charge in [-0.15, -0.1) is 0 Å². The Labute approximate surface area is 115 Å². The van der Waals surface area contributed by atoms with Crippen LogP contribution in [0.2, 0.25) is 0 Å². The summed E-state index contributed by atoms with van der Waals surface area (Å²) in [5, 5.41) is 12.9. The normalized spacial score (nSPS) is 17.7. The fourth-order valence-electron chi connectivity index (χ4n) is 2.66. The third-order valence-electron chi connectivity index (χ3n) is 3.64. The minimum absolute atomic E-state index is 0.233. The molecule has 1 aliphatic carbocycles. The molecular weight excluding hydrogens is 236 g/mol. The van der Waals surface area contributed by atoms with Crippen LogP contribution in [0.25, 0.3) is 0 Å². The fraction of sp³-hybridized carbons (Fsp3) is 0.562. The molecule has 102 valence electrons. The van der Waals surface area contributed by atoms with Crippen molar-refractivity contribution in [2.45, 2.75) is 51.1 Å². The summed E-state index contributed by atoms with van der Waals surface area (Å²) in [5.74, 6) is 0.839. The molecule has 19 heavy (non-hydrogen) atoms. The summed E-state index contributed by atoms with van der Waals surface area (Å²) in [4.78, 5) is 0. The Morgan fingerprint density at radius 2 is 2.16 bits per heavy atom. The van der Waals surface area contributed by atoms with Gasteiger partial charge in [0.05, 0.1) is 12.7 Å². The smallest absolute Gasteiger partial charge is 0.121 e. The van der Waals surface area contributed by atoms with E-state index in [9.17, 15) is 5.26 Å². The zero-order valence-electron chi connectivity index (χ0n) is 11.6. The van der Waals surface area contributed by atoms with Crippen molar-refractivity contribution in [3.05, 3.63) is 29.8 Å². The number of nitriles is 1. The predicted octanol–water partition coefficient (Wildman–Crippen LogP) is 3.57. The molecule has 1 atom stereocenters. The van der Waals surface area contributed by atoms with E-state index in [1.165, 1.54) is 32.1 Å². The Morgan fingerprint density at radius 1 is 1.37 bits per heavy atom. The average molecular weight is 258 g/mol. The summed E-state index contributed by atoms with van der Waals surface area (Å²) >= 11 is 0. The number of benzene rings is 1. The molecule has 3 nitrogen and oxygen atoms in total. The molecule has 3 heteroatoms. The van der Waals surface area contributed by atoms with E-state index in [4.69, 9.17) is 4.74 Å². The van der Waals surface area contributed by atoms with Crippen molar-refractivity contribution in [1.29, 1.82) is 5.26 Å². The van der Waals surface area contributed by atoms with Crippen LogP contribution in [-0.2, 0) is 0 Å². The topological polar surface area (TPSA) is 45.0 Å². The quantitative estimate of drug-likeness (QED) is 0.878. The summed E-state index contributed by atoms with van der Waals surface area (Å²) in [6, 6.07) is 10.5. The van der Waals surface area contributed by atoms with E-state index in [1.54, 1.807) is 0 Å². The molecule has 0 heterocycles. The standard InChI is InChI=1S/C16H22N2O/c1-2-19-15-10-6-7-13(11-15)16(12-17)18-14-8-4-3-5-9-14/h6-7,10-11,14,16,18H,2-5,8-9H2,1H3. The second-order valence-corrected chi connectivity index (χ2v) is 5.07. The molecule has 1 aliphatic rings. The molecule has 0 saturated heterocycles. The Hall–Kier alpha value is -1.53. The van der Waals surface area contributed by atoms with E-state index in [-0.39, 0.29) is 6.04 Å². The van der Waals surface area contributed by atoms with Gasteiger partial charge in [-0.2, -0.15) is 5.26 Å². The van der Waals surface area contributed by atoms with E-state index >= 15 is 0 Å². The molecular formula is C16H22N2O. The molecule has 0 aliphatic heterocycles. The van der Waals surface area contributed by atoms with E-state index in [2.05, 4.69) is 11.4 Å². The highest BCUT2D eigenvalue weighted by Crippen LogP contribution is 2.23. The summed E-state index contributed by atoms with van der Waals surface area (Å²) in [7, 11) is 0. The highest BCUT2D eigenvalue weighted by Gasteiger charge is 2.19. The predicted molar refractivity (Wildman–Crippen MR) is 76.0 cm³/mol. The fourth-order valence-corrected chi connectivity index (χ4v) is 2.66. The highest BCUT2D eigenvalue weighted by atomic mass is 16.5. The first kappa shape index (κ1) is 13.9. The molecule has 1 saturated carbocycles. The van der Waals surface area contributed by atoms with Crippen LogP contribution >= 0.6 is 0 Å². The van der Waals surface area contributed by atoms with Gasteiger partial charge in [0, 0.05) is 6.04 Å². The van der Waals surface area contributed by atoms with Gasteiger partial charge < -0.3 is 4.74 Å². The van der Waals surface area contributed by atoms with Gasteiger partial charge in [0.1, 0.15) is 11.8 Å². The van der Waals surface area contributed by atoms with Gasteiger partial charge in [-0.3, -0.25) is 5.32 Å². The van der Waals surface area contributed by atoms with Gasteiger partial charge in [-0.25, -0.2) is 0 Å². The van der Waals surface area contributed by atoms with Crippen LogP contribution in [0.1, 0.15) is 50.6 Å². The van der Waals surface area contributed by atoms with E-state index in [1.807, 2.05) is 31.2 Å². The molecule has 0 amide bonds. The average Bonchev–Trinajstić information content (AvgIpc) is 2.46. The maximum Gasteiger partial charge on any atom is 0.121 e. The van der Waals surface area contributed by atoms with Gasteiger partial charge in [0.2, 0.25) is 0 Å². The maximum atomic E-state index is 9.38. The Kier molecular flexibility index (Phi) is 5.23. The summed E-state index contributed by atoms with van der Waals surface area (Å²) < 4.78 is 5.49. The lowest BCUT2D eigenvalue weighted by atomic mass is 9.94. The summed E-state index contributed by atoms with van der Waals surface area (Å²) in [5.41, 5.74) is 0.999. The molecule has 1 unspecified atom stereocenters. The number of hydrogen-bond donors (Lipinski definition) is 1. The largest absolute Gasteiger partial charge is 0.494 e. The third-order valence-corrected chi connectivity index (χ3v) is 3.64. The van der Waals surface area contributed by atoms with Gasteiger partial charge in [0.15, 0.2) is 0 Å². The van der Waals surface area contributed by atoms with Gasteiger partial charge in [0.25, 0.3) is 0 Å². The Bertz CT molecular complexity index is 433. The number of hydrogen-bond acceptors (Lipinski definition) is 3. The first-order valence-corrected chi connectivity index (χ1v) is 7.22. The highest BCUT2D eigenvalue weighted by molar-refractivity contribution is 5.33. The minimum Gasteiger partial charge on any atom is -0.494 e. The molecule has 1 aromatic rings. The third kappa shape index (κ3) is 3.97. The van der Waals surface area contributed by atoms with Crippen LogP contribution in [0.15, 0.2) is 24.3 Å². The Balaban J connectivity index is 2.04. The molecule has 0 bridgehead atoms. The van der Waals surface area contributed by atoms with Crippen LogP contribution in [0.4, 0.5) is 0 Å². The molecule has 0 aromatic heterocycles. The molecule has 1 N–H and O–H groups in total. The molecule has 1 fully saturated rings. The number of ether oxygens (including phenoxy) is 1. The van der Waals surface area contributed by atoms with Crippen molar-refractivity contribution >= 4 is 0 Å². The molecule has 0 radical (unpaired) electrons. The molecule has 2 rings (SSSR count). The monoisotopic (exact) mass is 258 g/mol. The van der Waals surface area contributed by atoms with Crippen molar-refractivity contribution in [2.24, 2.45) is 0 Å². The maximum absolute atomic E-state index is 9.38. The zero-order valence-corrected chi connectivity index (χ0v) is 11.6. The van der Waals surface area contributed by atoms with Crippen molar-refractivity contribution in [1.82, 2.24) is 5.32 Å². The van der Waals surface area contributed by atoms with Crippen molar-refractivity contribution in [2.75, 3.05) is 6.61 Å². The zero-order chi connectivity index (χ0) is 13.5. The molecule has 0 spiro atoms. The first-order chi connectivity index (χ1) is 9.33. The molecule has 1 aromatic carbocycles. The minimum atomic E-state index is -0.233. The van der Waals surface area contributed by atoms with E-state index in [0.717, 1.165) is 11.3 Å². The van der Waals surface area contributed by atoms with Crippen LogP contribution in [0.3, 0.4) is 0 Å². The summed E-state index contributed by atoms with van der Waals surface area (Å²) in [6.07, 6.45) is 6.24. The van der Waals surface area contributed by atoms with Gasteiger partial charge in [-0.1, -0.05) is 31.4 Å². The Morgan fingerprint density at radius 3 is 2.84 bits per heavy atom. The lowest BCUT2D eigenvalue weighted by Gasteiger charge is -2.25. The van der Waals surface area contributed by atoms with Crippen molar-refractivity contribution in [3.8, 4) is 11.8 Å².